The molecular weight excluding hydrogens is 284 g/mol. The van der Waals surface area contributed by atoms with Crippen LogP contribution >= 0.6 is 11.8 Å². The minimum absolute atomic E-state index is 0.0102. The summed E-state index contributed by atoms with van der Waals surface area (Å²) in [5, 5.41) is 7.70. The Kier molecular flexibility index (Phi) is 3.96. The Morgan fingerprint density at radius 2 is 2.10 bits per heavy atom. The van der Waals surface area contributed by atoms with Gasteiger partial charge < -0.3 is 5.32 Å². The lowest BCUT2D eigenvalue weighted by atomic mass is 10.3. The molecule has 0 aliphatic heterocycles. The summed E-state index contributed by atoms with van der Waals surface area (Å²) in [5.74, 6) is 1.50. The van der Waals surface area contributed by atoms with Gasteiger partial charge in [-0.05, 0) is 31.9 Å². The molecule has 1 aromatic carbocycles. The number of nitrogens with one attached hydrogen (secondary N) is 1. The fourth-order valence-electron chi connectivity index (χ4n) is 2.13. The molecule has 2 aromatic rings. The van der Waals surface area contributed by atoms with Crippen molar-refractivity contribution in [1.82, 2.24) is 20.1 Å². The standard InChI is InChI=1S/C15H18N4OS/c1-10(14(20)16-2)21-15-17-13(11-8-9-11)19(18-15)12-6-4-3-5-7-12/h3-7,10-11H,8-9H2,1-2H3,(H,16,20). The molecule has 21 heavy (non-hydrogen) atoms. The highest BCUT2D eigenvalue weighted by atomic mass is 32.2. The molecule has 1 amide bonds. The van der Waals surface area contributed by atoms with Crippen LogP contribution < -0.4 is 5.32 Å². The number of carbonyl (C=O) groups is 1. The van der Waals surface area contributed by atoms with Crippen molar-refractivity contribution in [2.24, 2.45) is 0 Å². The van der Waals surface area contributed by atoms with Crippen LogP contribution in [0.15, 0.2) is 35.5 Å². The fourth-order valence-corrected chi connectivity index (χ4v) is 2.95. The zero-order chi connectivity index (χ0) is 14.8. The molecule has 1 aliphatic rings. The van der Waals surface area contributed by atoms with Crippen molar-refractivity contribution >= 4 is 17.7 Å². The van der Waals surface area contributed by atoms with Gasteiger partial charge in [0.1, 0.15) is 5.82 Å². The molecule has 3 rings (SSSR count). The molecule has 1 aliphatic carbocycles. The minimum atomic E-state index is -0.200. The molecule has 1 N–H and O–H groups in total. The molecule has 1 saturated carbocycles. The van der Waals surface area contributed by atoms with Gasteiger partial charge in [0.15, 0.2) is 0 Å². The molecule has 1 aromatic heterocycles. The first kappa shape index (κ1) is 14.1. The first-order valence-electron chi connectivity index (χ1n) is 7.09. The molecule has 0 saturated heterocycles. The predicted molar refractivity (Wildman–Crippen MR) is 82.7 cm³/mol. The number of benzene rings is 1. The van der Waals surface area contributed by atoms with Crippen LogP contribution in [0.2, 0.25) is 0 Å². The largest absolute Gasteiger partial charge is 0.358 e. The smallest absolute Gasteiger partial charge is 0.233 e. The van der Waals surface area contributed by atoms with Crippen LogP contribution in [0.1, 0.15) is 31.5 Å². The van der Waals surface area contributed by atoms with Gasteiger partial charge in [-0.25, -0.2) is 9.67 Å². The van der Waals surface area contributed by atoms with E-state index in [4.69, 9.17) is 0 Å². The monoisotopic (exact) mass is 302 g/mol. The molecule has 0 spiro atoms. The van der Waals surface area contributed by atoms with E-state index in [1.807, 2.05) is 41.9 Å². The Bertz CT molecular complexity index is 636. The molecule has 0 radical (unpaired) electrons. The number of nitrogens with zero attached hydrogens (tertiary/aromatic N) is 3. The first-order chi connectivity index (χ1) is 10.2. The zero-order valence-corrected chi connectivity index (χ0v) is 12.9. The quantitative estimate of drug-likeness (QED) is 0.862. The summed E-state index contributed by atoms with van der Waals surface area (Å²) in [4.78, 5) is 16.3. The van der Waals surface area contributed by atoms with Crippen molar-refractivity contribution in [3.05, 3.63) is 36.2 Å². The summed E-state index contributed by atoms with van der Waals surface area (Å²) in [5.41, 5.74) is 1.02. The average Bonchev–Trinajstić information content (AvgIpc) is 3.28. The van der Waals surface area contributed by atoms with E-state index in [1.165, 1.54) is 24.6 Å². The predicted octanol–water partition coefficient (Wildman–Crippen LogP) is 2.37. The molecule has 110 valence electrons. The third-order valence-corrected chi connectivity index (χ3v) is 4.41. The third kappa shape index (κ3) is 3.10. The Balaban J connectivity index is 1.88. The van der Waals surface area contributed by atoms with Crippen LogP contribution in [0.25, 0.3) is 5.69 Å². The molecular formula is C15H18N4OS. The van der Waals surface area contributed by atoms with E-state index in [0.29, 0.717) is 11.1 Å². The van der Waals surface area contributed by atoms with E-state index in [9.17, 15) is 4.79 Å². The molecule has 1 heterocycles. The lowest BCUT2D eigenvalue weighted by Crippen LogP contribution is -2.27. The highest BCUT2D eigenvalue weighted by Gasteiger charge is 2.31. The van der Waals surface area contributed by atoms with E-state index in [1.54, 1.807) is 7.05 Å². The second kappa shape index (κ2) is 5.89. The maximum Gasteiger partial charge on any atom is 0.233 e. The normalized spacial score (nSPS) is 15.7. The summed E-state index contributed by atoms with van der Waals surface area (Å²) in [6, 6.07) is 10.0. The van der Waals surface area contributed by atoms with Crippen molar-refractivity contribution in [2.75, 3.05) is 7.05 Å². The van der Waals surface area contributed by atoms with Gasteiger partial charge in [0.05, 0.1) is 10.9 Å². The number of rotatable bonds is 5. The van der Waals surface area contributed by atoms with Crippen molar-refractivity contribution in [3.63, 3.8) is 0 Å². The Hall–Kier alpha value is -1.82. The number of thioether (sulfide) groups is 1. The van der Waals surface area contributed by atoms with Crippen molar-refractivity contribution < 1.29 is 4.79 Å². The number of para-hydroxylation sites is 1. The van der Waals surface area contributed by atoms with Crippen molar-refractivity contribution in [1.29, 1.82) is 0 Å². The maximum absolute atomic E-state index is 11.6. The Morgan fingerprint density at radius 3 is 2.71 bits per heavy atom. The van der Waals surface area contributed by atoms with E-state index < -0.39 is 0 Å². The van der Waals surface area contributed by atoms with E-state index >= 15 is 0 Å². The average molecular weight is 302 g/mol. The molecule has 5 nitrogen and oxygen atoms in total. The van der Waals surface area contributed by atoms with Crippen LogP contribution in [-0.2, 0) is 4.79 Å². The Labute approximate surface area is 128 Å². The number of carbonyl (C=O) groups excluding carboxylic acids is 1. The van der Waals surface area contributed by atoms with E-state index in [0.717, 1.165) is 11.5 Å². The van der Waals surface area contributed by atoms with E-state index in [-0.39, 0.29) is 11.2 Å². The van der Waals surface area contributed by atoms with Crippen LogP contribution in [0.5, 0.6) is 0 Å². The van der Waals surface area contributed by atoms with Crippen LogP contribution in [0.4, 0.5) is 0 Å². The summed E-state index contributed by atoms with van der Waals surface area (Å²) in [7, 11) is 1.64. The van der Waals surface area contributed by atoms with Crippen LogP contribution in [-0.4, -0.2) is 33.0 Å². The summed E-state index contributed by atoms with van der Waals surface area (Å²) >= 11 is 1.40. The third-order valence-electron chi connectivity index (χ3n) is 3.45. The summed E-state index contributed by atoms with van der Waals surface area (Å²) < 4.78 is 1.91. The number of hydrogen-bond donors (Lipinski definition) is 1. The summed E-state index contributed by atoms with van der Waals surface area (Å²) in [6.07, 6.45) is 2.33. The van der Waals surface area contributed by atoms with Crippen molar-refractivity contribution in [3.8, 4) is 5.69 Å². The lowest BCUT2D eigenvalue weighted by molar-refractivity contribution is -0.119. The highest BCUT2D eigenvalue weighted by Crippen LogP contribution is 2.40. The van der Waals surface area contributed by atoms with Gasteiger partial charge in [-0.3, -0.25) is 4.79 Å². The molecule has 1 unspecified atom stereocenters. The second-order valence-electron chi connectivity index (χ2n) is 5.15. The SMILES string of the molecule is CNC(=O)C(C)Sc1nc(C2CC2)n(-c2ccccc2)n1. The summed E-state index contributed by atoms with van der Waals surface area (Å²) in [6.45, 7) is 1.86. The number of amides is 1. The molecule has 1 atom stereocenters. The number of hydrogen-bond acceptors (Lipinski definition) is 4. The van der Waals surface area contributed by atoms with Gasteiger partial charge in [-0.1, -0.05) is 30.0 Å². The van der Waals surface area contributed by atoms with Gasteiger partial charge in [-0.2, -0.15) is 0 Å². The van der Waals surface area contributed by atoms with Gasteiger partial charge >= 0.3 is 0 Å². The minimum Gasteiger partial charge on any atom is -0.358 e. The molecule has 6 heteroatoms. The highest BCUT2D eigenvalue weighted by molar-refractivity contribution is 8.00. The van der Waals surface area contributed by atoms with Crippen molar-refractivity contribution in [2.45, 2.75) is 36.1 Å². The fraction of sp³-hybridized carbons (Fsp3) is 0.400. The van der Waals surface area contributed by atoms with Gasteiger partial charge in [0, 0.05) is 13.0 Å². The maximum atomic E-state index is 11.6. The van der Waals surface area contributed by atoms with E-state index in [2.05, 4.69) is 15.4 Å². The number of aromatic nitrogens is 3. The molecule has 1 fully saturated rings. The zero-order valence-electron chi connectivity index (χ0n) is 12.1. The topological polar surface area (TPSA) is 59.8 Å². The second-order valence-corrected chi connectivity index (χ2v) is 6.46. The van der Waals surface area contributed by atoms with Crippen LogP contribution in [0, 0.1) is 0 Å². The lowest BCUT2D eigenvalue weighted by Gasteiger charge is -2.05. The first-order valence-corrected chi connectivity index (χ1v) is 7.97. The Morgan fingerprint density at radius 1 is 1.38 bits per heavy atom. The van der Waals surface area contributed by atoms with Gasteiger partial charge in [0.2, 0.25) is 11.1 Å². The van der Waals surface area contributed by atoms with Gasteiger partial charge in [0.25, 0.3) is 0 Å². The molecule has 0 bridgehead atoms. The van der Waals surface area contributed by atoms with Crippen LogP contribution in [0.3, 0.4) is 0 Å². The van der Waals surface area contributed by atoms with Gasteiger partial charge in [-0.15, -0.1) is 5.10 Å².